The van der Waals surface area contributed by atoms with Gasteiger partial charge >= 0.3 is 6.09 Å². The molecule has 0 radical (unpaired) electrons. The molecule has 0 aliphatic carbocycles. The van der Waals surface area contributed by atoms with Crippen LogP contribution in [0.4, 0.5) is 4.79 Å². The molecule has 13 heavy (non-hydrogen) atoms. The number of rotatable bonds is 1. The van der Waals surface area contributed by atoms with Gasteiger partial charge < -0.3 is 10.1 Å². The molecule has 4 nitrogen and oxygen atoms in total. The van der Waals surface area contributed by atoms with Crippen molar-refractivity contribution in [1.29, 1.82) is 0 Å². The normalized spacial score (nSPS) is 19.4. The second-order valence-electron chi connectivity index (χ2n) is 4.35. The van der Waals surface area contributed by atoms with E-state index in [0.717, 1.165) is 13.1 Å². The van der Waals surface area contributed by atoms with Crippen LogP contribution >= 0.6 is 0 Å². The summed E-state index contributed by atoms with van der Waals surface area (Å²) >= 11 is 0. The molecule has 0 aromatic rings. The molecule has 4 heteroatoms. The third kappa shape index (κ3) is 2.59. The lowest BCUT2D eigenvalue weighted by Gasteiger charge is -2.46. The Labute approximate surface area is 79.2 Å². The van der Waals surface area contributed by atoms with Crippen LogP contribution in [0, 0.1) is 0 Å². The number of nitrogens with zero attached hydrogens (tertiary/aromatic N) is 1. The van der Waals surface area contributed by atoms with Crippen LogP contribution in [0.2, 0.25) is 0 Å². The van der Waals surface area contributed by atoms with Gasteiger partial charge in [-0.1, -0.05) is 0 Å². The summed E-state index contributed by atoms with van der Waals surface area (Å²) in [6.07, 6.45) is -0.266. The maximum absolute atomic E-state index is 10.8. The summed E-state index contributed by atoms with van der Waals surface area (Å²) in [6, 6.07) is 0. The average Bonchev–Trinajstić information content (AvgIpc) is 1.92. The largest absolute Gasteiger partial charge is 0.444 e. The monoisotopic (exact) mass is 186 g/mol. The van der Waals surface area contributed by atoms with Crippen molar-refractivity contribution >= 4 is 6.09 Å². The second kappa shape index (κ2) is 3.54. The van der Waals surface area contributed by atoms with E-state index in [9.17, 15) is 4.79 Å². The highest BCUT2D eigenvalue weighted by molar-refractivity contribution is 5.67. The summed E-state index contributed by atoms with van der Waals surface area (Å²) in [4.78, 5) is 13.1. The number of nitrogens with one attached hydrogen (secondary N) is 1. The third-order valence-corrected chi connectivity index (χ3v) is 2.27. The van der Waals surface area contributed by atoms with E-state index in [1.807, 2.05) is 0 Å². The lowest BCUT2D eigenvalue weighted by molar-refractivity contribution is -0.0554. The topological polar surface area (TPSA) is 41.6 Å². The molecule has 0 spiro atoms. The molecule has 1 fully saturated rings. The fourth-order valence-electron chi connectivity index (χ4n) is 1.27. The first-order valence-electron chi connectivity index (χ1n) is 4.57. The first kappa shape index (κ1) is 10.3. The molecule has 0 saturated carbocycles. The Balaban J connectivity index is 2.22. The van der Waals surface area contributed by atoms with Crippen LogP contribution < -0.4 is 5.32 Å². The Hall–Kier alpha value is -0.770. The molecule has 0 aromatic carbocycles. The molecule has 1 aliphatic heterocycles. The van der Waals surface area contributed by atoms with Gasteiger partial charge in [0.1, 0.15) is 6.10 Å². The zero-order valence-corrected chi connectivity index (χ0v) is 8.76. The quantitative estimate of drug-likeness (QED) is 0.659. The number of carbonyl (C=O) groups excluding carboxylic acids is 1. The minimum atomic E-state index is -0.335. The van der Waals surface area contributed by atoms with E-state index < -0.39 is 0 Å². The fraction of sp³-hybridized carbons (Fsp3) is 0.889. The number of carbonyl (C=O) groups is 1. The standard InChI is InChI=1S/C9H18N2O2/c1-9(2,3)11-5-7(6-11)13-8(12)10-4/h7H,5-6H2,1-4H3,(H,10,12). The molecule has 0 atom stereocenters. The molecule has 1 rings (SSSR count). The summed E-state index contributed by atoms with van der Waals surface area (Å²) in [5.74, 6) is 0. The molecule has 1 amide bonds. The van der Waals surface area contributed by atoms with Gasteiger partial charge in [-0.25, -0.2) is 4.79 Å². The highest BCUT2D eigenvalue weighted by Gasteiger charge is 2.36. The molecule has 1 saturated heterocycles. The minimum absolute atomic E-state index is 0.0687. The van der Waals surface area contributed by atoms with Crippen molar-refractivity contribution in [3.63, 3.8) is 0 Å². The fourth-order valence-corrected chi connectivity index (χ4v) is 1.27. The predicted molar refractivity (Wildman–Crippen MR) is 50.7 cm³/mol. The van der Waals surface area contributed by atoms with Crippen molar-refractivity contribution in [3.05, 3.63) is 0 Å². The molecule has 1 aliphatic rings. The maximum Gasteiger partial charge on any atom is 0.407 e. The van der Waals surface area contributed by atoms with Crippen LogP contribution in [0.25, 0.3) is 0 Å². The van der Waals surface area contributed by atoms with Gasteiger partial charge in [0.2, 0.25) is 0 Å². The molecule has 0 aromatic heterocycles. The number of alkyl carbamates (subject to hydrolysis) is 1. The van der Waals surface area contributed by atoms with Gasteiger partial charge in [-0.05, 0) is 20.8 Å². The van der Waals surface area contributed by atoms with Gasteiger partial charge in [0.15, 0.2) is 0 Å². The van der Waals surface area contributed by atoms with Gasteiger partial charge in [0, 0.05) is 25.7 Å². The highest BCUT2D eigenvalue weighted by Crippen LogP contribution is 2.22. The van der Waals surface area contributed by atoms with Crippen molar-refractivity contribution in [2.75, 3.05) is 20.1 Å². The van der Waals surface area contributed by atoms with Crippen molar-refractivity contribution in [3.8, 4) is 0 Å². The Bertz CT molecular complexity index is 192. The molecular weight excluding hydrogens is 168 g/mol. The molecular formula is C9H18N2O2. The minimum Gasteiger partial charge on any atom is -0.444 e. The summed E-state index contributed by atoms with van der Waals surface area (Å²) in [5, 5.41) is 2.44. The van der Waals surface area contributed by atoms with Crippen LogP contribution in [0.1, 0.15) is 20.8 Å². The molecule has 0 bridgehead atoms. The van der Waals surface area contributed by atoms with E-state index in [-0.39, 0.29) is 17.7 Å². The van der Waals surface area contributed by atoms with Crippen molar-refractivity contribution in [1.82, 2.24) is 10.2 Å². The Morgan fingerprint density at radius 1 is 1.46 bits per heavy atom. The SMILES string of the molecule is CNC(=O)OC1CN(C(C)(C)C)C1. The summed E-state index contributed by atoms with van der Waals surface area (Å²) in [5.41, 5.74) is 0.183. The van der Waals surface area contributed by atoms with Crippen LogP contribution in [0.15, 0.2) is 0 Å². The summed E-state index contributed by atoms with van der Waals surface area (Å²) in [7, 11) is 1.57. The first-order chi connectivity index (χ1) is 5.93. The predicted octanol–water partition coefficient (Wildman–Crippen LogP) is 0.825. The van der Waals surface area contributed by atoms with Gasteiger partial charge in [0.05, 0.1) is 0 Å². The third-order valence-electron chi connectivity index (χ3n) is 2.27. The Kier molecular flexibility index (Phi) is 2.81. The van der Waals surface area contributed by atoms with Crippen molar-refractivity contribution in [2.45, 2.75) is 32.4 Å². The van der Waals surface area contributed by atoms with Gasteiger partial charge in [-0.3, -0.25) is 4.90 Å². The zero-order valence-electron chi connectivity index (χ0n) is 8.76. The van der Waals surface area contributed by atoms with Crippen LogP contribution in [0.5, 0.6) is 0 Å². The van der Waals surface area contributed by atoms with E-state index in [2.05, 4.69) is 31.0 Å². The van der Waals surface area contributed by atoms with E-state index in [0.29, 0.717) is 0 Å². The number of likely N-dealkylation sites (tertiary alicyclic amines) is 1. The van der Waals surface area contributed by atoms with Gasteiger partial charge in [0.25, 0.3) is 0 Å². The maximum atomic E-state index is 10.8. The van der Waals surface area contributed by atoms with Crippen molar-refractivity contribution in [2.24, 2.45) is 0 Å². The van der Waals surface area contributed by atoms with E-state index in [1.54, 1.807) is 7.05 Å². The Morgan fingerprint density at radius 2 is 2.00 bits per heavy atom. The molecule has 0 unspecified atom stereocenters. The van der Waals surface area contributed by atoms with Gasteiger partial charge in [-0.15, -0.1) is 0 Å². The smallest absolute Gasteiger partial charge is 0.407 e. The van der Waals surface area contributed by atoms with Gasteiger partial charge in [-0.2, -0.15) is 0 Å². The van der Waals surface area contributed by atoms with E-state index >= 15 is 0 Å². The van der Waals surface area contributed by atoms with Crippen molar-refractivity contribution < 1.29 is 9.53 Å². The van der Waals surface area contributed by atoms with E-state index in [4.69, 9.17) is 4.74 Å². The van der Waals surface area contributed by atoms with Crippen LogP contribution in [0.3, 0.4) is 0 Å². The summed E-state index contributed by atoms with van der Waals surface area (Å²) in [6.45, 7) is 8.16. The Morgan fingerprint density at radius 3 is 2.38 bits per heavy atom. The molecule has 1 N–H and O–H groups in total. The van der Waals surface area contributed by atoms with E-state index in [1.165, 1.54) is 0 Å². The number of hydrogen-bond acceptors (Lipinski definition) is 3. The number of ether oxygens (including phenoxy) is 1. The number of hydrogen-bond donors (Lipinski definition) is 1. The zero-order chi connectivity index (χ0) is 10.1. The first-order valence-corrected chi connectivity index (χ1v) is 4.57. The van der Waals surface area contributed by atoms with Crippen LogP contribution in [-0.2, 0) is 4.74 Å². The summed E-state index contributed by atoms with van der Waals surface area (Å²) < 4.78 is 5.07. The lowest BCUT2D eigenvalue weighted by Crippen LogP contribution is -2.60. The highest BCUT2D eigenvalue weighted by atomic mass is 16.6. The lowest BCUT2D eigenvalue weighted by atomic mass is 9.99. The molecule has 76 valence electrons. The molecule has 1 heterocycles. The van der Waals surface area contributed by atoms with Crippen LogP contribution in [-0.4, -0.2) is 42.8 Å². The second-order valence-corrected chi connectivity index (χ2v) is 4.35. The average molecular weight is 186 g/mol. The number of amides is 1.